The van der Waals surface area contributed by atoms with E-state index in [2.05, 4.69) is 10.1 Å². The van der Waals surface area contributed by atoms with Gasteiger partial charge in [0.2, 0.25) is 5.91 Å². The maximum absolute atomic E-state index is 12.6. The molecule has 0 unspecified atom stereocenters. The number of carbonyl (C=O) groups excluding carboxylic acids is 1. The van der Waals surface area contributed by atoms with Gasteiger partial charge in [-0.15, -0.1) is 0 Å². The fraction of sp³-hybridized carbons (Fsp3) is 0.364. The molecule has 9 heteroatoms. The second kappa shape index (κ2) is 6.51. The first-order valence-corrected chi connectivity index (χ1v) is 5.32. The molecular weight excluding hydrogens is 287 g/mol. The van der Waals surface area contributed by atoms with Crippen LogP contribution in [0.25, 0.3) is 0 Å². The maximum Gasteiger partial charge on any atom is 0.418 e. The van der Waals surface area contributed by atoms with Gasteiger partial charge >= 0.3 is 6.18 Å². The number of hydrogen-bond acceptors (Lipinski definition) is 3. The fourth-order valence-electron chi connectivity index (χ4n) is 1.32. The predicted molar refractivity (Wildman–Crippen MR) is 61.3 cm³/mol. The lowest BCUT2D eigenvalue weighted by Gasteiger charge is -2.12. The molecule has 1 aromatic carbocycles. The molecule has 0 aliphatic carbocycles. The molecule has 0 spiro atoms. The Morgan fingerprint density at radius 1 is 1.35 bits per heavy atom. The Balaban J connectivity index is 2.67. The summed E-state index contributed by atoms with van der Waals surface area (Å²) in [6.45, 7) is -1.61. The largest absolute Gasteiger partial charge is 0.418 e. The van der Waals surface area contributed by atoms with Crippen LogP contribution in [0.3, 0.4) is 0 Å². The average molecular weight is 298 g/mol. The third-order valence-electron chi connectivity index (χ3n) is 2.12. The fourth-order valence-corrected chi connectivity index (χ4v) is 1.32. The molecule has 0 radical (unpaired) electrons. The summed E-state index contributed by atoms with van der Waals surface area (Å²) in [6, 6.07) is 2.80. The molecule has 0 aromatic heterocycles. The summed E-state index contributed by atoms with van der Waals surface area (Å²) in [6.07, 6.45) is -7.38. The molecule has 1 amide bonds. The van der Waals surface area contributed by atoms with Crippen LogP contribution in [-0.2, 0) is 15.7 Å². The van der Waals surface area contributed by atoms with Crippen molar-refractivity contribution >= 4 is 17.3 Å². The van der Waals surface area contributed by atoms with Crippen molar-refractivity contribution in [3.63, 3.8) is 0 Å². The van der Waals surface area contributed by atoms with Crippen molar-refractivity contribution in [3.8, 4) is 0 Å². The highest BCUT2D eigenvalue weighted by atomic mass is 19.4. The van der Waals surface area contributed by atoms with Gasteiger partial charge in [-0.25, -0.2) is 8.78 Å². The number of nitrogens with one attached hydrogen (secondary N) is 1. The highest BCUT2D eigenvalue weighted by Gasteiger charge is 2.33. The van der Waals surface area contributed by atoms with Crippen LogP contribution in [0.2, 0.25) is 0 Å². The normalized spacial score (nSPS) is 11.7. The Morgan fingerprint density at radius 3 is 2.55 bits per heavy atom. The molecule has 0 aliphatic heterocycles. The Morgan fingerprint density at radius 2 is 2.00 bits per heavy atom. The van der Waals surface area contributed by atoms with Gasteiger partial charge in [-0.2, -0.15) is 13.2 Å². The summed E-state index contributed by atoms with van der Waals surface area (Å²) in [4.78, 5) is 11.2. The molecule has 0 saturated heterocycles. The van der Waals surface area contributed by atoms with Crippen LogP contribution in [-0.4, -0.2) is 25.5 Å². The van der Waals surface area contributed by atoms with Crippen LogP contribution in [0.15, 0.2) is 18.2 Å². The van der Waals surface area contributed by atoms with E-state index < -0.39 is 43.0 Å². The summed E-state index contributed by atoms with van der Waals surface area (Å²) in [5, 5.41) is 2.09. The molecule has 112 valence electrons. The third kappa shape index (κ3) is 5.00. The predicted octanol–water partition coefficient (Wildman–Crippen LogP) is 2.51. The van der Waals surface area contributed by atoms with Gasteiger partial charge in [0.25, 0.3) is 6.43 Å². The second-order valence-electron chi connectivity index (χ2n) is 3.75. The number of nitrogens with two attached hydrogens (primary N) is 1. The first kappa shape index (κ1) is 16.2. The molecule has 1 rings (SSSR count). The van der Waals surface area contributed by atoms with Gasteiger partial charge in [-0.3, -0.25) is 4.79 Å². The minimum absolute atomic E-state index is 0.155. The number of rotatable bonds is 5. The van der Waals surface area contributed by atoms with Crippen LogP contribution < -0.4 is 11.1 Å². The van der Waals surface area contributed by atoms with Crippen LogP contribution in [0.5, 0.6) is 0 Å². The van der Waals surface area contributed by atoms with Crippen molar-refractivity contribution in [2.24, 2.45) is 0 Å². The Kier molecular flexibility index (Phi) is 5.26. The number of ether oxygens (including phenoxy) is 1. The number of halogens is 5. The third-order valence-corrected chi connectivity index (χ3v) is 2.12. The zero-order valence-electron chi connectivity index (χ0n) is 10.0. The molecule has 1 aromatic rings. The van der Waals surface area contributed by atoms with E-state index in [1.807, 2.05) is 0 Å². The van der Waals surface area contributed by atoms with Crippen molar-refractivity contribution in [2.45, 2.75) is 12.6 Å². The second-order valence-corrected chi connectivity index (χ2v) is 3.75. The van der Waals surface area contributed by atoms with Gasteiger partial charge in [-0.1, -0.05) is 0 Å². The Labute approximate surface area is 110 Å². The van der Waals surface area contributed by atoms with E-state index in [4.69, 9.17) is 5.73 Å². The van der Waals surface area contributed by atoms with Crippen LogP contribution in [0.1, 0.15) is 5.56 Å². The smallest absolute Gasteiger partial charge is 0.398 e. The molecule has 4 nitrogen and oxygen atoms in total. The van der Waals surface area contributed by atoms with E-state index in [9.17, 15) is 26.7 Å². The lowest BCUT2D eigenvalue weighted by molar-refractivity contribution is -0.137. The van der Waals surface area contributed by atoms with Crippen LogP contribution in [0.4, 0.5) is 33.3 Å². The number of nitrogen functional groups attached to an aromatic ring is 1. The minimum atomic E-state index is -4.66. The quantitative estimate of drug-likeness (QED) is 0.648. The molecule has 0 bridgehead atoms. The molecule has 0 aliphatic rings. The lowest BCUT2D eigenvalue weighted by atomic mass is 10.1. The summed E-state index contributed by atoms with van der Waals surface area (Å²) >= 11 is 0. The number of amides is 1. The van der Waals surface area contributed by atoms with Crippen molar-refractivity contribution < 1.29 is 31.5 Å². The topological polar surface area (TPSA) is 64.3 Å². The number of carbonyl (C=O) groups is 1. The SMILES string of the molecule is Nc1ccc(NC(=O)COCC(F)F)cc1C(F)(F)F. The van der Waals surface area contributed by atoms with Gasteiger partial charge in [0.1, 0.15) is 13.2 Å². The number of benzene rings is 1. The molecule has 0 fully saturated rings. The first-order valence-electron chi connectivity index (χ1n) is 5.32. The maximum atomic E-state index is 12.6. The van der Waals surface area contributed by atoms with Crippen molar-refractivity contribution in [3.05, 3.63) is 23.8 Å². The highest BCUT2D eigenvalue weighted by Crippen LogP contribution is 2.35. The summed E-state index contributed by atoms with van der Waals surface area (Å²) in [7, 11) is 0. The van der Waals surface area contributed by atoms with E-state index in [-0.39, 0.29) is 5.69 Å². The number of anilines is 2. The van der Waals surface area contributed by atoms with E-state index in [0.717, 1.165) is 12.1 Å². The van der Waals surface area contributed by atoms with Gasteiger partial charge in [0, 0.05) is 11.4 Å². The molecule has 0 saturated carbocycles. The van der Waals surface area contributed by atoms with Crippen LogP contribution in [0, 0.1) is 0 Å². The zero-order chi connectivity index (χ0) is 15.3. The summed E-state index contributed by atoms with van der Waals surface area (Å²) in [5.74, 6) is -0.844. The molecule has 3 N–H and O–H groups in total. The van der Waals surface area contributed by atoms with E-state index >= 15 is 0 Å². The zero-order valence-corrected chi connectivity index (χ0v) is 10.0. The Hall–Kier alpha value is -1.90. The monoisotopic (exact) mass is 298 g/mol. The van der Waals surface area contributed by atoms with Crippen molar-refractivity contribution in [1.29, 1.82) is 0 Å². The van der Waals surface area contributed by atoms with Gasteiger partial charge < -0.3 is 15.8 Å². The van der Waals surface area contributed by atoms with E-state index in [1.165, 1.54) is 0 Å². The Bertz CT molecular complexity index is 476. The van der Waals surface area contributed by atoms with Gasteiger partial charge in [-0.05, 0) is 18.2 Å². The van der Waals surface area contributed by atoms with E-state index in [0.29, 0.717) is 6.07 Å². The van der Waals surface area contributed by atoms with E-state index in [1.54, 1.807) is 0 Å². The summed E-state index contributed by atoms with van der Waals surface area (Å²) < 4.78 is 65.5. The first-order chi connectivity index (χ1) is 9.20. The molecule has 0 heterocycles. The van der Waals surface area contributed by atoms with Crippen molar-refractivity contribution in [1.82, 2.24) is 0 Å². The average Bonchev–Trinajstić information content (AvgIpc) is 2.29. The minimum Gasteiger partial charge on any atom is -0.398 e. The number of alkyl halides is 5. The highest BCUT2D eigenvalue weighted by molar-refractivity contribution is 5.92. The molecular formula is C11H11F5N2O2. The van der Waals surface area contributed by atoms with Crippen molar-refractivity contribution in [2.75, 3.05) is 24.3 Å². The molecule has 20 heavy (non-hydrogen) atoms. The standard InChI is InChI=1S/C11H11F5N2O2/c12-9(13)4-20-5-10(19)18-6-1-2-8(17)7(3-6)11(14,15)16/h1-3,9H,4-5,17H2,(H,18,19). The molecule has 0 atom stereocenters. The van der Waals surface area contributed by atoms with Gasteiger partial charge in [0.15, 0.2) is 0 Å². The lowest BCUT2D eigenvalue weighted by Crippen LogP contribution is -2.20. The number of hydrogen-bond donors (Lipinski definition) is 2. The van der Waals surface area contributed by atoms with Gasteiger partial charge in [0.05, 0.1) is 5.56 Å². The van der Waals surface area contributed by atoms with Crippen LogP contribution >= 0.6 is 0 Å². The summed E-state index contributed by atoms with van der Waals surface area (Å²) in [5.41, 5.74) is 3.45.